The third-order valence-corrected chi connectivity index (χ3v) is 6.68. The van der Waals surface area contributed by atoms with Gasteiger partial charge >= 0.3 is 0 Å². The number of hydrogen-bond donors (Lipinski definition) is 0. The molecule has 190 valence electrons. The quantitative estimate of drug-likeness (QED) is 0.168. The van der Waals surface area contributed by atoms with E-state index in [-0.39, 0.29) is 17.1 Å². The number of amides is 2. The highest BCUT2D eigenvalue weighted by molar-refractivity contribution is 8.18. The van der Waals surface area contributed by atoms with E-state index in [1.54, 1.807) is 18.2 Å². The number of carbonyl (C=O) groups excluding carboxylic acids is 2. The molecule has 0 N–H and O–H groups in total. The molecule has 0 aromatic heterocycles. The molecule has 0 atom stereocenters. The van der Waals surface area contributed by atoms with Crippen LogP contribution in [0.1, 0.15) is 29.2 Å². The number of non-ortho nitro benzene ring substituents is 1. The normalized spacial score (nSPS) is 14.4. The van der Waals surface area contributed by atoms with Crippen molar-refractivity contribution in [2.24, 2.45) is 0 Å². The summed E-state index contributed by atoms with van der Waals surface area (Å²) in [7, 11) is 0. The highest BCUT2D eigenvalue weighted by Crippen LogP contribution is 2.40. The van der Waals surface area contributed by atoms with Crippen molar-refractivity contribution < 1.29 is 24.0 Å². The molecule has 37 heavy (non-hydrogen) atoms. The molecule has 4 rings (SSSR count). The van der Waals surface area contributed by atoms with E-state index in [2.05, 4.69) is 0 Å². The SMILES string of the molecule is CCOc1cc(/C=C2\SC(=O)N(Cc3ccc([N+](=O)[O-])cc3)C2=O)cc(Cl)c1OCc1ccc(C)cc1. The molecule has 0 bridgehead atoms. The summed E-state index contributed by atoms with van der Waals surface area (Å²) in [6, 6.07) is 17.0. The zero-order valence-electron chi connectivity index (χ0n) is 20.1. The minimum Gasteiger partial charge on any atom is -0.490 e. The van der Waals surface area contributed by atoms with E-state index in [0.29, 0.717) is 40.9 Å². The monoisotopic (exact) mass is 538 g/mol. The lowest BCUT2D eigenvalue weighted by molar-refractivity contribution is -0.384. The number of carbonyl (C=O) groups is 2. The van der Waals surface area contributed by atoms with Crippen LogP contribution in [0.15, 0.2) is 65.6 Å². The van der Waals surface area contributed by atoms with Gasteiger partial charge in [-0.15, -0.1) is 0 Å². The first-order chi connectivity index (χ1) is 17.7. The van der Waals surface area contributed by atoms with Crippen LogP contribution in [0.5, 0.6) is 11.5 Å². The first-order valence-electron chi connectivity index (χ1n) is 11.4. The largest absolute Gasteiger partial charge is 0.490 e. The molecule has 1 aliphatic rings. The lowest BCUT2D eigenvalue weighted by Crippen LogP contribution is -2.27. The molecule has 1 heterocycles. The first kappa shape index (κ1) is 26.2. The second-order valence-corrected chi connectivity index (χ2v) is 9.63. The molecular formula is C27H23ClN2O6S. The van der Waals surface area contributed by atoms with Crippen molar-refractivity contribution >= 4 is 46.3 Å². The number of hydrogen-bond acceptors (Lipinski definition) is 7. The molecule has 2 amide bonds. The molecule has 3 aromatic rings. The van der Waals surface area contributed by atoms with Gasteiger partial charge in [0, 0.05) is 12.1 Å². The van der Waals surface area contributed by atoms with Gasteiger partial charge in [0.15, 0.2) is 11.5 Å². The Labute approximate surface area is 223 Å². The average Bonchev–Trinajstić information content (AvgIpc) is 3.12. The van der Waals surface area contributed by atoms with Crippen molar-refractivity contribution in [3.05, 3.63) is 103 Å². The maximum Gasteiger partial charge on any atom is 0.293 e. The Balaban J connectivity index is 1.52. The number of halogens is 1. The van der Waals surface area contributed by atoms with Gasteiger partial charge in [-0.1, -0.05) is 53.6 Å². The first-order valence-corrected chi connectivity index (χ1v) is 12.6. The Morgan fingerprint density at radius 2 is 1.70 bits per heavy atom. The molecule has 3 aromatic carbocycles. The fourth-order valence-corrected chi connectivity index (χ4v) is 4.72. The zero-order valence-corrected chi connectivity index (χ0v) is 21.7. The summed E-state index contributed by atoms with van der Waals surface area (Å²) in [6.07, 6.45) is 1.58. The number of nitrogens with zero attached hydrogens (tertiary/aromatic N) is 2. The van der Waals surface area contributed by atoms with Crippen molar-refractivity contribution in [2.45, 2.75) is 27.0 Å². The maximum atomic E-state index is 13.0. The number of nitro benzene ring substituents is 1. The van der Waals surface area contributed by atoms with Crippen LogP contribution < -0.4 is 9.47 Å². The van der Waals surface area contributed by atoms with Crippen LogP contribution >= 0.6 is 23.4 Å². The van der Waals surface area contributed by atoms with Crippen molar-refractivity contribution in [1.82, 2.24) is 4.90 Å². The van der Waals surface area contributed by atoms with Gasteiger partial charge in [-0.2, -0.15) is 0 Å². The number of imide groups is 1. The van der Waals surface area contributed by atoms with Crippen molar-refractivity contribution in [1.29, 1.82) is 0 Å². The van der Waals surface area contributed by atoms with Gasteiger partial charge < -0.3 is 9.47 Å². The van der Waals surface area contributed by atoms with E-state index >= 15 is 0 Å². The highest BCUT2D eigenvalue weighted by atomic mass is 35.5. The van der Waals surface area contributed by atoms with Gasteiger partial charge in [-0.25, -0.2) is 0 Å². The lowest BCUT2D eigenvalue weighted by atomic mass is 10.1. The lowest BCUT2D eigenvalue weighted by Gasteiger charge is -2.15. The maximum absolute atomic E-state index is 13.0. The molecule has 0 radical (unpaired) electrons. The summed E-state index contributed by atoms with van der Waals surface area (Å²) in [6.45, 7) is 4.55. The Kier molecular flexibility index (Phi) is 8.15. The van der Waals surface area contributed by atoms with Gasteiger partial charge in [0.25, 0.3) is 16.8 Å². The van der Waals surface area contributed by atoms with Gasteiger partial charge in [0.1, 0.15) is 6.61 Å². The number of thioether (sulfide) groups is 1. The molecule has 8 nitrogen and oxygen atoms in total. The molecule has 1 fully saturated rings. The number of rotatable bonds is 9. The minimum absolute atomic E-state index is 0.0107. The fourth-order valence-electron chi connectivity index (χ4n) is 3.61. The predicted molar refractivity (Wildman–Crippen MR) is 143 cm³/mol. The third kappa shape index (κ3) is 6.31. The third-order valence-electron chi connectivity index (χ3n) is 5.49. The Morgan fingerprint density at radius 1 is 1.03 bits per heavy atom. The van der Waals surface area contributed by atoms with Crippen LogP contribution in [0.3, 0.4) is 0 Å². The standard InChI is InChI=1S/C27H23ClN2O6S/c1-3-35-23-13-20(12-22(28)25(23)36-16-19-6-4-17(2)5-7-19)14-24-26(31)29(27(32)37-24)15-18-8-10-21(11-9-18)30(33)34/h4-14H,3,15-16H2,1-2H3/b24-14-. The van der Waals surface area contributed by atoms with Crippen LogP contribution in [0.4, 0.5) is 10.5 Å². The molecule has 10 heteroatoms. The average molecular weight is 539 g/mol. The summed E-state index contributed by atoms with van der Waals surface area (Å²) in [5.41, 5.74) is 3.25. The topological polar surface area (TPSA) is 99.0 Å². The Hall–Kier alpha value is -3.82. The van der Waals surface area contributed by atoms with E-state index in [9.17, 15) is 19.7 Å². The molecule has 0 spiro atoms. The summed E-state index contributed by atoms with van der Waals surface area (Å²) in [5, 5.41) is 10.7. The van der Waals surface area contributed by atoms with Crippen LogP contribution in [0, 0.1) is 17.0 Å². The van der Waals surface area contributed by atoms with E-state index in [0.717, 1.165) is 27.8 Å². The van der Waals surface area contributed by atoms with Crippen LogP contribution in [-0.4, -0.2) is 27.6 Å². The predicted octanol–water partition coefficient (Wildman–Crippen LogP) is 6.77. The molecular weight excluding hydrogens is 516 g/mol. The highest BCUT2D eigenvalue weighted by Gasteiger charge is 2.35. The molecule has 1 saturated heterocycles. The summed E-state index contributed by atoms with van der Waals surface area (Å²) in [5.74, 6) is 0.369. The summed E-state index contributed by atoms with van der Waals surface area (Å²) < 4.78 is 11.7. The van der Waals surface area contributed by atoms with E-state index in [1.807, 2.05) is 38.1 Å². The molecule has 0 unspecified atom stereocenters. The second kappa shape index (κ2) is 11.5. The van der Waals surface area contributed by atoms with E-state index < -0.39 is 16.1 Å². The van der Waals surface area contributed by atoms with Crippen molar-refractivity contribution in [2.75, 3.05) is 6.61 Å². The van der Waals surface area contributed by atoms with E-state index in [4.69, 9.17) is 21.1 Å². The molecule has 0 aliphatic carbocycles. The van der Waals surface area contributed by atoms with E-state index in [1.165, 1.54) is 24.3 Å². The number of ether oxygens (including phenoxy) is 2. The molecule has 0 saturated carbocycles. The zero-order chi connectivity index (χ0) is 26.5. The van der Waals surface area contributed by atoms with Crippen molar-refractivity contribution in [3.8, 4) is 11.5 Å². The molecule has 1 aliphatic heterocycles. The van der Waals surface area contributed by atoms with Gasteiger partial charge in [0.2, 0.25) is 0 Å². The van der Waals surface area contributed by atoms with Gasteiger partial charge in [-0.3, -0.25) is 24.6 Å². The number of benzene rings is 3. The second-order valence-electron chi connectivity index (χ2n) is 8.23. The summed E-state index contributed by atoms with van der Waals surface area (Å²) in [4.78, 5) is 37.2. The minimum atomic E-state index is -0.507. The van der Waals surface area contributed by atoms with Crippen LogP contribution in [0.25, 0.3) is 6.08 Å². The van der Waals surface area contributed by atoms with Crippen LogP contribution in [0.2, 0.25) is 5.02 Å². The Bertz CT molecular complexity index is 1370. The van der Waals surface area contributed by atoms with Crippen LogP contribution in [-0.2, 0) is 17.9 Å². The number of aryl methyl sites for hydroxylation is 1. The van der Waals surface area contributed by atoms with Gasteiger partial charge in [-0.05, 0) is 60.5 Å². The smallest absolute Gasteiger partial charge is 0.293 e. The number of nitro groups is 1. The van der Waals surface area contributed by atoms with Gasteiger partial charge in [0.05, 0.1) is 28.0 Å². The summed E-state index contributed by atoms with van der Waals surface area (Å²) >= 11 is 7.35. The Morgan fingerprint density at radius 3 is 2.35 bits per heavy atom. The fraction of sp³-hybridized carbons (Fsp3) is 0.185. The van der Waals surface area contributed by atoms with Crippen molar-refractivity contribution in [3.63, 3.8) is 0 Å².